The maximum Gasteiger partial charge on any atom is 0.192 e. The molecule has 110 valence electrons. The van der Waals surface area contributed by atoms with E-state index in [2.05, 4.69) is 15.0 Å². The molecule has 0 aliphatic carbocycles. The lowest BCUT2D eigenvalue weighted by Crippen LogP contribution is -2.15. The molecule has 0 radical (unpaired) electrons. The maximum absolute atomic E-state index is 7.76. The van der Waals surface area contributed by atoms with E-state index in [4.69, 9.17) is 11.1 Å². The first-order valence-corrected chi connectivity index (χ1v) is 7.43. The van der Waals surface area contributed by atoms with Crippen LogP contribution < -0.4 is 5.73 Å². The van der Waals surface area contributed by atoms with Crippen LogP contribution in [0.3, 0.4) is 0 Å². The van der Waals surface area contributed by atoms with Gasteiger partial charge in [-0.3, -0.25) is 10.4 Å². The molecule has 0 fully saturated rings. The molecule has 3 N–H and O–H groups in total. The summed E-state index contributed by atoms with van der Waals surface area (Å²) in [6.45, 7) is 9.75. The first kappa shape index (κ1) is 15.4. The van der Waals surface area contributed by atoms with Gasteiger partial charge >= 0.3 is 0 Å². The van der Waals surface area contributed by atoms with Gasteiger partial charge < -0.3 is 5.73 Å². The zero-order chi connectivity index (χ0) is 15.7. The van der Waals surface area contributed by atoms with Crippen molar-refractivity contribution in [1.29, 1.82) is 5.41 Å². The van der Waals surface area contributed by atoms with Crippen molar-refractivity contribution >= 4 is 17.6 Å². The lowest BCUT2D eigenvalue weighted by atomic mass is 10.1. The van der Waals surface area contributed by atoms with Crippen LogP contribution in [0.4, 0.5) is 0 Å². The molecule has 2 aromatic rings. The summed E-state index contributed by atoms with van der Waals surface area (Å²) in [7, 11) is 0. The Kier molecular flexibility index (Phi) is 4.27. The van der Waals surface area contributed by atoms with Gasteiger partial charge in [0, 0.05) is 27.7 Å². The van der Waals surface area contributed by atoms with E-state index in [9.17, 15) is 0 Å². The molecule has 0 unspecified atom stereocenters. The van der Waals surface area contributed by atoms with Crippen LogP contribution >= 0.6 is 11.8 Å². The average Bonchev–Trinajstić information content (AvgIpc) is 2.34. The van der Waals surface area contributed by atoms with Crippen molar-refractivity contribution in [3.8, 4) is 0 Å². The fourth-order valence-electron chi connectivity index (χ4n) is 2.09. The minimum Gasteiger partial charge on any atom is -0.384 e. The number of hydrogen-bond acceptors (Lipinski definition) is 5. The molecule has 0 bridgehead atoms. The van der Waals surface area contributed by atoms with Crippen LogP contribution in [0.2, 0.25) is 0 Å². The van der Waals surface area contributed by atoms with Crippen LogP contribution in [0.5, 0.6) is 0 Å². The van der Waals surface area contributed by atoms with Gasteiger partial charge in [0.15, 0.2) is 5.16 Å². The summed E-state index contributed by atoms with van der Waals surface area (Å²) in [6.07, 6.45) is 0. The van der Waals surface area contributed by atoms with Gasteiger partial charge in [0.1, 0.15) is 5.84 Å². The lowest BCUT2D eigenvalue weighted by Gasteiger charge is -2.12. The van der Waals surface area contributed by atoms with Crippen LogP contribution in [0, 0.1) is 40.0 Å². The third-order valence-corrected chi connectivity index (χ3v) is 4.28. The van der Waals surface area contributed by atoms with Crippen molar-refractivity contribution in [2.24, 2.45) is 5.73 Å². The molecular formula is C15H19N5S. The molecule has 5 nitrogen and oxygen atoms in total. The van der Waals surface area contributed by atoms with E-state index in [1.54, 1.807) is 0 Å². The third kappa shape index (κ3) is 3.21. The molecular weight excluding hydrogens is 282 g/mol. The number of nitrogen functional groups attached to an aromatic ring is 1. The van der Waals surface area contributed by atoms with Gasteiger partial charge in [-0.25, -0.2) is 9.97 Å². The topological polar surface area (TPSA) is 88.5 Å². The Balaban J connectivity index is 2.51. The summed E-state index contributed by atoms with van der Waals surface area (Å²) in [5.41, 5.74) is 11.0. The fraction of sp³-hybridized carbons (Fsp3) is 0.333. The predicted octanol–water partition coefficient (Wildman–Crippen LogP) is 2.85. The molecule has 21 heavy (non-hydrogen) atoms. The number of aromatic nitrogens is 3. The highest BCUT2D eigenvalue weighted by atomic mass is 32.2. The predicted molar refractivity (Wildman–Crippen MR) is 85.1 cm³/mol. The van der Waals surface area contributed by atoms with E-state index in [0.717, 1.165) is 33.2 Å². The van der Waals surface area contributed by atoms with E-state index in [1.807, 2.05) is 40.7 Å². The smallest absolute Gasteiger partial charge is 0.192 e. The highest BCUT2D eigenvalue weighted by Gasteiger charge is 2.15. The number of nitrogens with two attached hydrogens (primary N) is 1. The van der Waals surface area contributed by atoms with Gasteiger partial charge in [-0.05, 0) is 58.0 Å². The summed E-state index contributed by atoms with van der Waals surface area (Å²) in [6, 6.07) is 1.92. The third-order valence-electron chi connectivity index (χ3n) is 3.37. The van der Waals surface area contributed by atoms with Crippen LogP contribution in [-0.2, 0) is 0 Å². The summed E-state index contributed by atoms with van der Waals surface area (Å²) >= 11 is 1.42. The largest absolute Gasteiger partial charge is 0.384 e. The summed E-state index contributed by atoms with van der Waals surface area (Å²) in [5.74, 6) is 0.0167. The molecule has 0 spiro atoms. The Morgan fingerprint density at radius 3 is 2.10 bits per heavy atom. The van der Waals surface area contributed by atoms with E-state index in [1.165, 1.54) is 11.8 Å². The minimum absolute atomic E-state index is 0.0167. The zero-order valence-corrected chi connectivity index (χ0v) is 13.7. The van der Waals surface area contributed by atoms with Gasteiger partial charge in [-0.2, -0.15) is 0 Å². The Morgan fingerprint density at radius 2 is 1.57 bits per heavy atom. The van der Waals surface area contributed by atoms with E-state index >= 15 is 0 Å². The van der Waals surface area contributed by atoms with Crippen molar-refractivity contribution in [3.05, 3.63) is 40.0 Å². The van der Waals surface area contributed by atoms with Gasteiger partial charge in [0.05, 0.1) is 5.56 Å². The first-order valence-electron chi connectivity index (χ1n) is 6.62. The van der Waals surface area contributed by atoms with Crippen molar-refractivity contribution in [2.75, 3.05) is 0 Å². The highest BCUT2D eigenvalue weighted by Crippen LogP contribution is 2.30. The number of hydrogen-bond donors (Lipinski definition) is 2. The van der Waals surface area contributed by atoms with Crippen molar-refractivity contribution in [2.45, 2.75) is 44.7 Å². The molecule has 0 aliphatic heterocycles. The molecule has 0 amide bonds. The SMILES string of the molecule is Cc1cc(Sc2nc(C)c(C)c(C)n2)c(C(=N)N)c(C)n1. The van der Waals surface area contributed by atoms with Crippen molar-refractivity contribution in [3.63, 3.8) is 0 Å². The molecule has 0 atom stereocenters. The van der Waals surface area contributed by atoms with E-state index in [0.29, 0.717) is 10.7 Å². The first-order chi connectivity index (χ1) is 9.79. The second-order valence-corrected chi connectivity index (χ2v) is 6.05. The standard InChI is InChI=1S/C15H19N5S/c1-7-6-12(13(14(16)17)11(5)18-7)21-15-19-9(3)8(2)10(4)20-15/h6H,1-5H3,(H3,16,17). The number of rotatable bonds is 3. The van der Waals surface area contributed by atoms with E-state index in [-0.39, 0.29) is 5.84 Å². The Bertz CT molecular complexity index is 701. The average molecular weight is 301 g/mol. The van der Waals surface area contributed by atoms with Gasteiger partial charge in [-0.15, -0.1) is 0 Å². The molecule has 2 heterocycles. The number of amidine groups is 1. The van der Waals surface area contributed by atoms with Gasteiger partial charge in [0.2, 0.25) is 0 Å². The zero-order valence-electron chi connectivity index (χ0n) is 12.9. The van der Waals surface area contributed by atoms with Crippen LogP contribution in [-0.4, -0.2) is 20.8 Å². The highest BCUT2D eigenvalue weighted by molar-refractivity contribution is 7.99. The number of pyridine rings is 1. The number of aryl methyl sites for hydroxylation is 4. The van der Waals surface area contributed by atoms with Crippen LogP contribution in [0.1, 0.15) is 33.9 Å². The Morgan fingerprint density at radius 1 is 1.00 bits per heavy atom. The second kappa shape index (κ2) is 5.81. The van der Waals surface area contributed by atoms with Crippen LogP contribution in [0.25, 0.3) is 0 Å². The monoisotopic (exact) mass is 301 g/mol. The number of nitrogens with one attached hydrogen (secondary N) is 1. The molecule has 0 aliphatic rings. The molecule has 6 heteroatoms. The van der Waals surface area contributed by atoms with Crippen molar-refractivity contribution < 1.29 is 0 Å². The Labute approximate surface area is 128 Å². The molecule has 0 aromatic carbocycles. The fourth-order valence-corrected chi connectivity index (χ4v) is 3.24. The molecule has 0 saturated carbocycles. The maximum atomic E-state index is 7.76. The number of nitrogens with zero attached hydrogens (tertiary/aromatic N) is 3. The van der Waals surface area contributed by atoms with Gasteiger partial charge in [-0.1, -0.05) is 0 Å². The van der Waals surface area contributed by atoms with Gasteiger partial charge in [0.25, 0.3) is 0 Å². The summed E-state index contributed by atoms with van der Waals surface area (Å²) in [5, 5.41) is 8.43. The summed E-state index contributed by atoms with van der Waals surface area (Å²) in [4.78, 5) is 14.3. The minimum atomic E-state index is 0.0167. The van der Waals surface area contributed by atoms with Crippen LogP contribution in [0.15, 0.2) is 16.1 Å². The molecule has 0 saturated heterocycles. The molecule has 2 rings (SSSR count). The van der Waals surface area contributed by atoms with Crippen molar-refractivity contribution in [1.82, 2.24) is 15.0 Å². The quantitative estimate of drug-likeness (QED) is 0.517. The normalized spacial score (nSPS) is 10.7. The van der Waals surface area contributed by atoms with E-state index < -0.39 is 0 Å². The second-order valence-electron chi connectivity index (χ2n) is 5.04. The summed E-state index contributed by atoms with van der Waals surface area (Å²) < 4.78 is 0. The molecule has 2 aromatic heterocycles. The lowest BCUT2D eigenvalue weighted by molar-refractivity contribution is 0.880. The Hall–Kier alpha value is -1.95.